The molecule has 2 N–H and O–H groups in total. The maximum Gasteiger partial charge on any atom is 0.0575 e. The Morgan fingerprint density at radius 3 is 2.62 bits per heavy atom. The van der Waals surface area contributed by atoms with E-state index in [1.165, 1.54) is 19.3 Å². The summed E-state index contributed by atoms with van der Waals surface area (Å²) in [6.45, 7) is 7.71. The van der Waals surface area contributed by atoms with Gasteiger partial charge in [-0.2, -0.15) is 0 Å². The van der Waals surface area contributed by atoms with Gasteiger partial charge in [-0.25, -0.2) is 0 Å². The molecule has 3 nitrogen and oxygen atoms in total. The minimum absolute atomic E-state index is 0.487. The van der Waals surface area contributed by atoms with Crippen LogP contribution in [0, 0.1) is 0 Å². The third-order valence-corrected chi connectivity index (χ3v) is 2.70. The van der Waals surface area contributed by atoms with Crippen molar-refractivity contribution in [3.8, 4) is 0 Å². The van der Waals surface area contributed by atoms with Gasteiger partial charge in [0.1, 0.15) is 0 Å². The van der Waals surface area contributed by atoms with E-state index in [2.05, 4.69) is 30.7 Å². The average molecular weight is 221 g/mol. The molecule has 0 saturated carbocycles. The van der Waals surface area contributed by atoms with E-state index in [1.54, 1.807) is 6.20 Å². The van der Waals surface area contributed by atoms with Gasteiger partial charge < -0.3 is 10.6 Å². The maximum atomic E-state index is 5.76. The number of hydrogen-bond acceptors (Lipinski definition) is 3. The zero-order valence-electron chi connectivity index (χ0n) is 10.6. The first-order valence-corrected chi connectivity index (χ1v) is 6.12. The highest BCUT2D eigenvalue weighted by molar-refractivity contribution is 5.53. The number of nitrogen functional groups attached to an aromatic ring is 1. The molecule has 90 valence electrons. The lowest BCUT2D eigenvalue weighted by molar-refractivity contribution is 0.625. The first-order valence-electron chi connectivity index (χ1n) is 6.12. The van der Waals surface area contributed by atoms with Crippen LogP contribution >= 0.6 is 0 Å². The van der Waals surface area contributed by atoms with Crippen LogP contribution in [-0.2, 0) is 0 Å². The lowest BCUT2D eigenvalue weighted by Gasteiger charge is -2.28. The summed E-state index contributed by atoms with van der Waals surface area (Å²) in [4.78, 5) is 6.51. The van der Waals surface area contributed by atoms with Crippen molar-refractivity contribution in [2.45, 2.75) is 46.1 Å². The first kappa shape index (κ1) is 12.8. The van der Waals surface area contributed by atoms with Gasteiger partial charge in [-0.05, 0) is 26.3 Å². The molecule has 1 heterocycles. The van der Waals surface area contributed by atoms with Gasteiger partial charge in [0.25, 0.3) is 0 Å². The summed E-state index contributed by atoms with van der Waals surface area (Å²) in [5, 5.41) is 0. The number of rotatable bonds is 6. The highest BCUT2D eigenvalue weighted by Crippen LogP contribution is 2.19. The molecular formula is C13H23N3. The van der Waals surface area contributed by atoms with Gasteiger partial charge in [0.05, 0.1) is 17.6 Å². The maximum absolute atomic E-state index is 5.76. The van der Waals surface area contributed by atoms with Crippen molar-refractivity contribution >= 4 is 11.4 Å². The van der Waals surface area contributed by atoms with Crippen molar-refractivity contribution in [3.63, 3.8) is 0 Å². The topological polar surface area (TPSA) is 42.2 Å². The summed E-state index contributed by atoms with van der Waals surface area (Å²) >= 11 is 0. The molecule has 1 rings (SSSR count). The van der Waals surface area contributed by atoms with E-state index in [1.807, 2.05) is 12.3 Å². The minimum atomic E-state index is 0.487. The molecular weight excluding hydrogens is 198 g/mol. The summed E-state index contributed by atoms with van der Waals surface area (Å²) in [6.07, 6.45) is 7.33. The van der Waals surface area contributed by atoms with E-state index in [-0.39, 0.29) is 0 Å². The van der Waals surface area contributed by atoms with E-state index in [9.17, 15) is 0 Å². The van der Waals surface area contributed by atoms with E-state index < -0.39 is 0 Å². The SMILES string of the molecule is CCCCCN(c1cncc(N)c1)C(C)C. The molecule has 0 saturated heterocycles. The molecule has 0 bridgehead atoms. The number of pyridine rings is 1. The van der Waals surface area contributed by atoms with Gasteiger partial charge in [0.15, 0.2) is 0 Å². The second kappa shape index (κ2) is 6.36. The number of aromatic nitrogens is 1. The van der Waals surface area contributed by atoms with Crippen LogP contribution in [0.4, 0.5) is 11.4 Å². The van der Waals surface area contributed by atoms with Crippen LogP contribution in [0.5, 0.6) is 0 Å². The molecule has 0 fully saturated rings. The molecule has 16 heavy (non-hydrogen) atoms. The summed E-state index contributed by atoms with van der Waals surface area (Å²) in [6, 6.07) is 2.49. The van der Waals surface area contributed by atoms with Crippen LogP contribution in [0.25, 0.3) is 0 Å². The van der Waals surface area contributed by atoms with Gasteiger partial charge in [-0.3, -0.25) is 4.98 Å². The van der Waals surface area contributed by atoms with Crippen LogP contribution in [0.2, 0.25) is 0 Å². The smallest absolute Gasteiger partial charge is 0.0575 e. The van der Waals surface area contributed by atoms with Gasteiger partial charge in [-0.15, -0.1) is 0 Å². The molecule has 0 spiro atoms. The Bertz CT molecular complexity index is 310. The molecule has 0 amide bonds. The second-order valence-electron chi connectivity index (χ2n) is 4.47. The Hall–Kier alpha value is -1.25. The van der Waals surface area contributed by atoms with Crippen molar-refractivity contribution in [1.29, 1.82) is 0 Å². The molecule has 0 unspecified atom stereocenters. The predicted molar refractivity (Wildman–Crippen MR) is 70.7 cm³/mol. The third-order valence-electron chi connectivity index (χ3n) is 2.70. The lowest BCUT2D eigenvalue weighted by atomic mass is 10.2. The lowest BCUT2D eigenvalue weighted by Crippen LogP contribution is -2.31. The molecule has 3 heteroatoms. The van der Waals surface area contributed by atoms with Gasteiger partial charge >= 0.3 is 0 Å². The Balaban J connectivity index is 2.69. The summed E-state index contributed by atoms with van der Waals surface area (Å²) in [7, 11) is 0. The van der Waals surface area contributed by atoms with Gasteiger partial charge in [0.2, 0.25) is 0 Å². The highest BCUT2D eigenvalue weighted by Gasteiger charge is 2.10. The van der Waals surface area contributed by atoms with Crippen LogP contribution < -0.4 is 10.6 Å². The van der Waals surface area contributed by atoms with E-state index in [0.717, 1.165) is 17.9 Å². The van der Waals surface area contributed by atoms with Crippen molar-refractivity contribution in [2.75, 3.05) is 17.2 Å². The molecule has 0 aliphatic rings. The molecule has 0 aliphatic heterocycles. The average Bonchev–Trinajstić information content (AvgIpc) is 2.24. The van der Waals surface area contributed by atoms with Gasteiger partial charge in [0, 0.05) is 18.8 Å². The Kier molecular flexibility index (Phi) is 5.09. The zero-order chi connectivity index (χ0) is 12.0. The van der Waals surface area contributed by atoms with Crippen LogP contribution in [0.1, 0.15) is 40.0 Å². The summed E-state index contributed by atoms with van der Waals surface area (Å²) in [5.74, 6) is 0. The molecule has 0 aliphatic carbocycles. The fourth-order valence-corrected chi connectivity index (χ4v) is 1.82. The number of hydrogen-bond donors (Lipinski definition) is 1. The van der Waals surface area contributed by atoms with Crippen molar-refractivity contribution in [3.05, 3.63) is 18.5 Å². The number of anilines is 2. The monoisotopic (exact) mass is 221 g/mol. The summed E-state index contributed by atoms with van der Waals surface area (Å²) < 4.78 is 0. The van der Waals surface area contributed by atoms with Crippen molar-refractivity contribution in [2.24, 2.45) is 0 Å². The normalized spacial score (nSPS) is 10.8. The Labute approximate surface area is 98.7 Å². The largest absolute Gasteiger partial charge is 0.397 e. The van der Waals surface area contributed by atoms with Crippen molar-refractivity contribution in [1.82, 2.24) is 4.98 Å². The highest BCUT2D eigenvalue weighted by atomic mass is 15.2. The molecule has 1 aromatic rings. The minimum Gasteiger partial charge on any atom is -0.397 e. The third kappa shape index (κ3) is 3.72. The fraction of sp³-hybridized carbons (Fsp3) is 0.615. The van der Waals surface area contributed by atoms with Crippen LogP contribution in [0.3, 0.4) is 0 Å². The van der Waals surface area contributed by atoms with Crippen LogP contribution in [0.15, 0.2) is 18.5 Å². The van der Waals surface area contributed by atoms with Crippen LogP contribution in [-0.4, -0.2) is 17.6 Å². The van der Waals surface area contributed by atoms with E-state index in [4.69, 9.17) is 5.73 Å². The standard InChI is InChI=1S/C13H23N3/c1-4-5-6-7-16(11(2)3)13-8-12(14)9-15-10-13/h8-11H,4-7,14H2,1-3H3. The summed E-state index contributed by atoms with van der Waals surface area (Å²) in [5.41, 5.74) is 7.63. The quantitative estimate of drug-likeness (QED) is 0.751. The molecule has 0 aromatic carbocycles. The van der Waals surface area contributed by atoms with E-state index in [0.29, 0.717) is 6.04 Å². The molecule has 0 atom stereocenters. The predicted octanol–water partition coefficient (Wildman–Crippen LogP) is 3.07. The fourth-order valence-electron chi connectivity index (χ4n) is 1.82. The number of nitrogens with zero attached hydrogens (tertiary/aromatic N) is 2. The Morgan fingerprint density at radius 1 is 1.31 bits per heavy atom. The van der Waals surface area contributed by atoms with Crippen molar-refractivity contribution < 1.29 is 0 Å². The van der Waals surface area contributed by atoms with Gasteiger partial charge in [-0.1, -0.05) is 19.8 Å². The Morgan fingerprint density at radius 2 is 2.06 bits per heavy atom. The molecule has 1 aromatic heterocycles. The van der Waals surface area contributed by atoms with E-state index >= 15 is 0 Å². The number of nitrogens with two attached hydrogens (primary N) is 1. The zero-order valence-corrected chi connectivity index (χ0v) is 10.6. The second-order valence-corrected chi connectivity index (χ2v) is 4.47. The number of unbranched alkanes of at least 4 members (excludes halogenated alkanes) is 2. The molecule has 0 radical (unpaired) electrons. The first-order chi connectivity index (χ1) is 7.65.